The lowest BCUT2D eigenvalue weighted by Crippen LogP contribution is -2.71. The van der Waals surface area contributed by atoms with E-state index in [1.165, 1.54) is 6.92 Å². The molecule has 0 aromatic carbocycles. The van der Waals surface area contributed by atoms with Gasteiger partial charge in [0.2, 0.25) is 0 Å². The molecule has 1 saturated heterocycles. The van der Waals surface area contributed by atoms with Crippen molar-refractivity contribution in [2.24, 2.45) is 0 Å². The number of hydrogen-bond donors (Lipinski definition) is 4. The zero-order valence-electron chi connectivity index (χ0n) is 6.88. The Hall–Kier alpha value is -1.47. The fourth-order valence-electron chi connectivity index (χ4n) is 1.06. The van der Waals surface area contributed by atoms with Gasteiger partial charge in [0.25, 0.3) is 11.8 Å². The van der Waals surface area contributed by atoms with Gasteiger partial charge < -0.3 is 5.21 Å². The Kier molecular flexibility index (Phi) is 2.30. The number of rotatable bonds is 2. The summed E-state index contributed by atoms with van der Waals surface area (Å²) in [5, 5.41) is 12.4. The molecule has 1 aliphatic rings. The number of barbiturate groups is 1. The van der Waals surface area contributed by atoms with Crippen LogP contribution in [0.3, 0.4) is 0 Å². The Labute approximate surface area is 73.4 Å². The zero-order valence-corrected chi connectivity index (χ0v) is 6.88. The van der Waals surface area contributed by atoms with Crippen molar-refractivity contribution in [1.29, 1.82) is 0 Å². The van der Waals surface area contributed by atoms with Gasteiger partial charge >= 0.3 is 6.03 Å². The predicted octanol–water partition coefficient (Wildman–Crippen LogP) is -1.52. The zero-order chi connectivity index (χ0) is 10.1. The summed E-state index contributed by atoms with van der Waals surface area (Å²) >= 11 is 0. The number of amides is 4. The minimum absolute atomic E-state index is 0.0362. The second kappa shape index (κ2) is 3.11. The molecule has 0 atom stereocenters. The largest absolute Gasteiger partial charge is 0.328 e. The Bertz CT molecular complexity index is 249. The highest BCUT2D eigenvalue weighted by Gasteiger charge is 2.48. The first-order valence-corrected chi connectivity index (χ1v) is 3.65. The van der Waals surface area contributed by atoms with Crippen LogP contribution in [0.4, 0.5) is 4.79 Å². The van der Waals surface area contributed by atoms with Crippen LogP contribution in [-0.2, 0) is 9.59 Å². The van der Waals surface area contributed by atoms with Crippen molar-refractivity contribution in [2.75, 3.05) is 0 Å². The van der Waals surface area contributed by atoms with Crippen molar-refractivity contribution in [2.45, 2.75) is 18.9 Å². The summed E-state index contributed by atoms with van der Waals surface area (Å²) in [7, 11) is 0. The topological polar surface area (TPSA) is 108 Å². The molecule has 1 rings (SSSR count). The maximum atomic E-state index is 11.2. The Morgan fingerprint density at radius 3 is 2.08 bits per heavy atom. The Morgan fingerprint density at radius 2 is 1.77 bits per heavy atom. The van der Waals surface area contributed by atoms with Crippen molar-refractivity contribution in [3.8, 4) is 0 Å². The summed E-state index contributed by atoms with van der Waals surface area (Å²) in [5.41, 5.74) is -0.145. The highest BCUT2D eigenvalue weighted by molar-refractivity contribution is 6.22. The van der Waals surface area contributed by atoms with Crippen LogP contribution in [0.1, 0.15) is 13.3 Å². The van der Waals surface area contributed by atoms with Crippen molar-refractivity contribution in [3.63, 3.8) is 0 Å². The van der Waals surface area contributed by atoms with E-state index in [1.807, 2.05) is 10.6 Å². The van der Waals surface area contributed by atoms with Gasteiger partial charge in [0.05, 0.1) is 0 Å². The first-order valence-electron chi connectivity index (χ1n) is 3.65. The van der Waals surface area contributed by atoms with Crippen LogP contribution in [0.2, 0.25) is 0 Å². The molecule has 1 heterocycles. The molecule has 7 nitrogen and oxygen atoms in total. The number of hydroxylamine groups is 1. The molecule has 0 saturated carbocycles. The number of imide groups is 2. The van der Waals surface area contributed by atoms with Gasteiger partial charge in [0, 0.05) is 0 Å². The standard InChI is InChI=1S/C6H9N3O4/c1-2-6(9-13)3(10)7-5(12)8-4(6)11/h9,13H,2H2,1H3,(H2,7,8,10,11,12). The van der Waals surface area contributed by atoms with E-state index in [2.05, 4.69) is 0 Å². The third kappa shape index (κ3) is 1.27. The molecule has 4 amide bonds. The molecule has 0 bridgehead atoms. The smallest absolute Gasteiger partial charge is 0.315 e. The molecule has 72 valence electrons. The average molecular weight is 187 g/mol. The lowest BCUT2D eigenvalue weighted by Gasteiger charge is -2.31. The lowest BCUT2D eigenvalue weighted by molar-refractivity contribution is -0.145. The van der Waals surface area contributed by atoms with Crippen LogP contribution in [0.5, 0.6) is 0 Å². The summed E-state index contributed by atoms with van der Waals surface area (Å²) in [5.74, 6) is -1.71. The highest BCUT2D eigenvalue weighted by atomic mass is 16.5. The normalized spacial score (nSPS) is 20.9. The van der Waals surface area contributed by atoms with Crippen LogP contribution < -0.4 is 16.1 Å². The summed E-state index contributed by atoms with van der Waals surface area (Å²) in [4.78, 5) is 33.0. The van der Waals surface area contributed by atoms with Crippen LogP contribution >= 0.6 is 0 Å². The molecule has 7 heteroatoms. The van der Waals surface area contributed by atoms with Crippen molar-refractivity contribution in [1.82, 2.24) is 16.1 Å². The van der Waals surface area contributed by atoms with Crippen molar-refractivity contribution >= 4 is 17.8 Å². The molecule has 4 N–H and O–H groups in total. The van der Waals surface area contributed by atoms with E-state index < -0.39 is 23.4 Å². The van der Waals surface area contributed by atoms with E-state index in [-0.39, 0.29) is 6.42 Å². The maximum Gasteiger partial charge on any atom is 0.328 e. The van der Waals surface area contributed by atoms with E-state index >= 15 is 0 Å². The quantitative estimate of drug-likeness (QED) is 0.310. The number of urea groups is 1. The van der Waals surface area contributed by atoms with Crippen LogP contribution in [0, 0.1) is 0 Å². The van der Waals surface area contributed by atoms with Crippen molar-refractivity contribution in [3.05, 3.63) is 0 Å². The molecule has 0 aromatic rings. The second-order valence-electron chi connectivity index (χ2n) is 2.61. The number of carbonyl (C=O) groups is 3. The third-order valence-corrected chi connectivity index (χ3v) is 1.95. The van der Waals surface area contributed by atoms with Gasteiger partial charge in [-0.1, -0.05) is 6.92 Å². The monoisotopic (exact) mass is 187 g/mol. The lowest BCUT2D eigenvalue weighted by atomic mass is 9.93. The van der Waals surface area contributed by atoms with Crippen LogP contribution in [-0.4, -0.2) is 28.6 Å². The van der Waals surface area contributed by atoms with E-state index in [4.69, 9.17) is 5.21 Å². The molecule has 1 aliphatic heterocycles. The van der Waals surface area contributed by atoms with E-state index in [0.717, 1.165) is 0 Å². The Morgan fingerprint density at radius 1 is 1.31 bits per heavy atom. The molecular weight excluding hydrogens is 178 g/mol. The summed E-state index contributed by atoms with van der Waals surface area (Å²) in [6, 6.07) is -0.880. The third-order valence-electron chi connectivity index (χ3n) is 1.95. The number of carbonyl (C=O) groups excluding carboxylic acids is 3. The molecular formula is C6H9N3O4. The molecule has 0 aromatic heterocycles. The van der Waals surface area contributed by atoms with Crippen LogP contribution in [0.15, 0.2) is 0 Å². The average Bonchev–Trinajstić information content (AvgIpc) is 2.05. The van der Waals surface area contributed by atoms with Gasteiger partial charge in [-0.3, -0.25) is 20.2 Å². The molecule has 0 unspecified atom stereocenters. The Balaban J connectivity index is 3.01. The van der Waals surface area contributed by atoms with Gasteiger partial charge in [-0.25, -0.2) is 4.79 Å². The summed E-state index contributed by atoms with van der Waals surface area (Å²) in [6.07, 6.45) is 0.0362. The van der Waals surface area contributed by atoms with Gasteiger partial charge in [-0.2, -0.15) is 5.48 Å². The predicted molar refractivity (Wildman–Crippen MR) is 39.6 cm³/mol. The minimum atomic E-state index is -1.76. The number of hydrogen-bond acceptors (Lipinski definition) is 5. The SMILES string of the molecule is CCC1(NO)C(=O)NC(=O)NC1=O. The molecule has 0 radical (unpaired) electrons. The van der Waals surface area contributed by atoms with E-state index in [1.54, 1.807) is 5.48 Å². The molecule has 13 heavy (non-hydrogen) atoms. The van der Waals surface area contributed by atoms with E-state index in [0.29, 0.717) is 0 Å². The fourth-order valence-corrected chi connectivity index (χ4v) is 1.06. The fraction of sp³-hybridized carbons (Fsp3) is 0.500. The summed E-state index contributed by atoms with van der Waals surface area (Å²) in [6.45, 7) is 1.53. The van der Waals surface area contributed by atoms with Gasteiger partial charge in [-0.15, -0.1) is 0 Å². The van der Waals surface area contributed by atoms with E-state index in [9.17, 15) is 14.4 Å². The minimum Gasteiger partial charge on any atom is -0.315 e. The first-order chi connectivity index (χ1) is 6.06. The molecule has 0 aliphatic carbocycles. The van der Waals surface area contributed by atoms with Gasteiger partial charge in [0.15, 0.2) is 5.54 Å². The highest BCUT2D eigenvalue weighted by Crippen LogP contribution is 2.12. The molecule has 1 fully saturated rings. The van der Waals surface area contributed by atoms with Crippen molar-refractivity contribution < 1.29 is 19.6 Å². The summed E-state index contributed by atoms with van der Waals surface area (Å²) < 4.78 is 0. The first kappa shape index (κ1) is 9.62. The molecule has 0 spiro atoms. The van der Waals surface area contributed by atoms with Gasteiger partial charge in [0.1, 0.15) is 0 Å². The number of nitrogens with one attached hydrogen (secondary N) is 3. The second-order valence-corrected chi connectivity index (χ2v) is 2.61. The maximum absolute atomic E-state index is 11.2. The van der Waals surface area contributed by atoms with Crippen LogP contribution in [0.25, 0.3) is 0 Å². The van der Waals surface area contributed by atoms with Gasteiger partial charge in [-0.05, 0) is 6.42 Å².